The van der Waals surface area contributed by atoms with Crippen molar-refractivity contribution in [3.8, 4) is 0 Å². The molecule has 7 nitrogen and oxygen atoms in total. The summed E-state index contributed by atoms with van der Waals surface area (Å²) in [6.07, 6.45) is 5.16. The van der Waals surface area contributed by atoms with E-state index in [1.807, 2.05) is 0 Å². The first-order chi connectivity index (χ1) is 12.5. The highest BCUT2D eigenvalue weighted by molar-refractivity contribution is 14.0. The Labute approximate surface area is 182 Å². The quantitative estimate of drug-likeness (QED) is 0.166. The second-order valence-electron chi connectivity index (χ2n) is 7.45. The van der Waals surface area contributed by atoms with Crippen LogP contribution in [-0.4, -0.2) is 69.8 Å². The van der Waals surface area contributed by atoms with Gasteiger partial charge in [0.1, 0.15) is 0 Å². The lowest BCUT2D eigenvalue weighted by molar-refractivity contribution is -0.123. The molecule has 1 aliphatic heterocycles. The van der Waals surface area contributed by atoms with Gasteiger partial charge in [0.05, 0.1) is 6.61 Å². The van der Waals surface area contributed by atoms with E-state index in [0.717, 1.165) is 77.4 Å². The first-order valence-corrected chi connectivity index (χ1v) is 10.1. The molecule has 0 saturated carbocycles. The van der Waals surface area contributed by atoms with E-state index in [0.29, 0.717) is 12.5 Å². The normalized spacial score (nSPS) is 16.2. The lowest BCUT2D eigenvalue weighted by Crippen LogP contribution is -2.40. The van der Waals surface area contributed by atoms with Gasteiger partial charge >= 0.3 is 0 Å². The summed E-state index contributed by atoms with van der Waals surface area (Å²) >= 11 is 0. The van der Waals surface area contributed by atoms with E-state index in [9.17, 15) is 4.79 Å². The zero-order valence-electron chi connectivity index (χ0n) is 17.3. The van der Waals surface area contributed by atoms with Gasteiger partial charge in [0.25, 0.3) is 0 Å². The van der Waals surface area contributed by atoms with Crippen LogP contribution < -0.4 is 16.4 Å². The molecule has 1 fully saturated rings. The molecule has 1 saturated heterocycles. The van der Waals surface area contributed by atoms with E-state index in [2.05, 4.69) is 34.4 Å². The molecule has 0 unspecified atom stereocenters. The van der Waals surface area contributed by atoms with Crippen molar-refractivity contribution in [3.05, 3.63) is 0 Å². The summed E-state index contributed by atoms with van der Waals surface area (Å²) in [5.41, 5.74) is 5.37. The van der Waals surface area contributed by atoms with Crippen molar-refractivity contribution < 1.29 is 9.53 Å². The maximum absolute atomic E-state index is 11.2. The topological polar surface area (TPSA) is 92.0 Å². The molecular formula is C19H40IN5O2. The number of aliphatic imine (C=N–C) groups is 1. The number of hydrogen-bond acceptors (Lipinski definition) is 4. The maximum Gasteiger partial charge on any atom is 0.220 e. The van der Waals surface area contributed by atoms with Gasteiger partial charge in [-0.2, -0.15) is 0 Å². The summed E-state index contributed by atoms with van der Waals surface area (Å²) in [7, 11) is 1.79. The summed E-state index contributed by atoms with van der Waals surface area (Å²) in [4.78, 5) is 17.8. The molecule has 1 aliphatic rings. The summed E-state index contributed by atoms with van der Waals surface area (Å²) in [6, 6.07) is 0. The van der Waals surface area contributed by atoms with Crippen molar-refractivity contribution in [1.29, 1.82) is 0 Å². The van der Waals surface area contributed by atoms with Gasteiger partial charge in [0.2, 0.25) is 5.91 Å². The number of unbranched alkanes of at least 4 members (excludes halogenated alkanes) is 1. The molecule has 0 aliphatic carbocycles. The largest absolute Gasteiger partial charge is 0.380 e. The van der Waals surface area contributed by atoms with Gasteiger partial charge in [-0.05, 0) is 57.7 Å². The Morgan fingerprint density at radius 1 is 1.19 bits per heavy atom. The lowest BCUT2D eigenvalue weighted by atomic mass is 9.96. The van der Waals surface area contributed by atoms with Crippen molar-refractivity contribution in [2.24, 2.45) is 22.6 Å². The minimum Gasteiger partial charge on any atom is -0.380 e. The first-order valence-electron chi connectivity index (χ1n) is 10.1. The highest BCUT2D eigenvalue weighted by atomic mass is 127. The second-order valence-corrected chi connectivity index (χ2v) is 7.45. The number of nitrogens with two attached hydrogens (primary N) is 1. The van der Waals surface area contributed by atoms with E-state index in [-0.39, 0.29) is 35.8 Å². The molecule has 0 radical (unpaired) electrons. The van der Waals surface area contributed by atoms with Crippen molar-refractivity contribution >= 4 is 35.8 Å². The molecule has 0 bridgehead atoms. The van der Waals surface area contributed by atoms with Crippen molar-refractivity contribution in [3.63, 3.8) is 0 Å². The van der Waals surface area contributed by atoms with Crippen LogP contribution in [0.25, 0.3) is 0 Å². The van der Waals surface area contributed by atoms with Gasteiger partial charge in [0.15, 0.2) is 5.96 Å². The second kappa shape index (κ2) is 16.4. The Morgan fingerprint density at radius 2 is 1.85 bits per heavy atom. The number of piperidine rings is 1. The highest BCUT2D eigenvalue weighted by Crippen LogP contribution is 2.16. The molecule has 0 aromatic heterocycles. The number of guanidine groups is 1. The van der Waals surface area contributed by atoms with Crippen LogP contribution in [-0.2, 0) is 9.53 Å². The third kappa shape index (κ3) is 13.2. The molecule has 27 heavy (non-hydrogen) atoms. The predicted molar refractivity (Wildman–Crippen MR) is 123 cm³/mol. The van der Waals surface area contributed by atoms with Crippen LogP contribution in [0.1, 0.15) is 46.0 Å². The molecule has 0 atom stereocenters. The highest BCUT2D eigenvalue weighted by Gasteiger charge is 2.22. The summed E-state index contributed by atoms with van der Waals surface area (Å²) in [5.74, 6) is 1.46. The first kappa shape index (κ1) is 26.4. The number of likely N-dealkylation sites (tertiary alicyclic amines) is 1. The van der Waals surface area contributed by atoms with E-state index < -0.39 is 0 Å². The molecule has 1 rings (SSSR count). The maximum atomic E-state index is 11.2. The lowest BCUT2D eigenvalue weighted by Gasteiger charge is -2.30. The van der Waals surface area contributed by atoms with Gasteiger partial charge < -0.3 is 26.0 Å². The summed E-state index contributed by atoms with van der Waals surface area (Å²) in [6.45, 7) is 10.7. The molecule has 160 valence electrons. The monoisotopic (exact) mass is 497 g/mol. The minimum atomic E-state index is -0.141. The minimum absolute atomic E-state index is 0. The number of nitrogens with zero attached hydrogens (tertiary/aromatic N) is 2. The molecule has 0 aromatic rings. The molecular weight excluding hydrogens is 457 g/mol. The van der Waals surface area contributed by atoms with Crippen LogP contribution in [0.5, 0.6) is 0 Å². The Morgan fingerprint density at radius 3 is 2.44 bits per heavy atom. The fraction of sp³-hybridized carbons (Fsp3) is 0.895. The summed E-state index contributed by atoms with van der Waals surface area (Å²) < 4.78 is 5.59. The SMILES string of the molecule is CN=C(NCCCCN1CCC(C(N)=O)CC1)NCCOCCC(C)C.I. The fourth-order valence-corrected chi connectivity index (χ4v) is 2.99. The average Bonchev–Trinajstić information content (AvgIpc) is 2.62. The van der Waals surface area contributed by atoms with E-state index in [1.54, 1.807) is 7.05 Å². The van der Waals surface area contributed by atoms with Crippen molar-refractivity contribution in [1.82, 2.24) is 15.5 Å². The van der Waals surface area contributed by atoms with Crippen molar-refractivity contribution in [2.45, 2.75) is 46.0 Å². The fourth-order valence-electron chi connectivity index (χ4n) is 2.99. The zero-order chi connectivity index (χ0) is 19.2. The number of carbonyl (C=O) groups excluding carboxylic acids is 1. The number of carbonyl (C=O) groups is 1. The molecule has 1 heterocycles. The van der Waals surface area contributed by atoms with Crippen molar-refractivity contribution in [2.75, 3.05) is 53.0 Å². The zero-order valence-corrected chi connectivity index (χ0v) is 19.7. The standard InChI is InChI=1S/C19H39N5O2.HI/c1-16(2)8-14-26-15-10-23-19(21-3)22-9-4-5-11-24-12-6-17(7-13-24)18(20)25;/h16-17H,4-15H2,1-3H3,(H2,20,25)(H2,21,22,23);1H. The Kier molecular flexibility index (Phi) is 16.0. The van der Waals surface area contributed by atoms with Crippen LogP contribution in [0.3, 0.4) is 0 Å². The van der Waals surface area contributed by atoms with Crippen LogP contribution >= 0.6 is 24.0 Å². The number of rotatable bonds is 12. The van der Waals surface area contributed by atoms with Crippen LogP contribution in [0, 0.1) is 11.8 Å². The number of nitrogens with one attached hydrogen (secondary N) is 2. The smallest absolute Gasteiger partial charge is 0.220 e. The molecule has 8 heteroatoms. The molecule has 0 spiro atoms. The van der Waals surface area contributed by atoms with Gasteiger partial charge in [-0.25, -0.2) is 0 Å². The van der Waals surface area contributed by atoms with E-state index >= 15 is 0 Å². The number of amides is 1. The van der Waals surface area contributed by atoms with Gasteiger partial charge in [0, 0.05) is 32.7 Å². The third-order valence-corrected chi connectivity index (χ3v) is 4.79. The van der Waals surface area contributed by atoms with Gasteiger partial charge in [-0.3, -0.25) is 9.79 Å². The third-order valence-electron chi connectivity index (χ3n) is 4.79. The molecule has 0 aromatic carbocycles. The Balaban J connectivity index is 0.00000676. The summed E-state index contributed by atoms with van der Waals surface area (Å²) in [5, 5.41) is 6.61. The number of halogens is 1. The number of primary amides is 1. The van der Waals surface area contributed by atoms with Crippen LogP contribution in [0.2, 0.25) is 0 Å². The Bertz CT molecular complexity index is 413. The van der Waals surface area contributed by atoms with E-state index in [1.165, 1.54) is 0 Å². The van der Waals surface area contributed by atoms with Crippen LogP contribution in [0.4, 0.5) is 0 Å². The van der Waals surface area contributed by atoms with Gasteiger partial charge in [-0.1, -0.05) is 13.8 Å². The van der Waals surface area contributed by atoms with Crippen LogP contribution in [0.15, 0.2) is 4.99 Å². The Hall–Kier alpha value is -0.610. The van der Waals surface area contributed by atoms with E-state index in [4.69, 9.17) is 10.5 Å². The number of hydrogen-bond donors (Lipinski definition) is 3. The average molecular weight is 497 g/mol. The molecule has 1 amide bonds. The predicted octanol–water partition coefficient (Wildman–Crippen LogP) is 1.81. The number of ether oxygens (including phenoxy) is 1. The molecule has 4 N–H and O–H groups in total. The van der Waals surface area contributed by atoms with Gasteiger partial charge in [-0.15, -0.1) is 24.0 Å².